The molecule has 0 aliphatic carbocycles. The van der Waals surface area contributed by atoms with E-state index in [1.54, 1.807) is 0 Å². The molecule has 1 heterocycles. The molecule has 0 bridgehead atoms. The highest BCUT2D eigenvalue weighted by molar-refractivity contribution is 5.77. The zero-order valence-electron chi connectivity index (χ0n) is 13.0. The third-order valence-corrected chi connectivity index (χ3v) is 3.30. The number of hydrogen-bond acceptors (Lipinski definition) is 4. The number of carbonyl (C=O) groups is 1. The molecule has 1 aromatic heterocycles. The van der Waals surface area contributed by atoms with E-state index < -0.39 is 0 Å². The monoisotopic (exact) mass is 289 g/mol. The molecule has 0 aliphatic heterocycles. The summed E-state index contributed by atoms with van der Waals surface area (Å²) in [6.07, 6.45) is 2.20. The van der Waals surface area contributed by atoms with Gasteiger partial charge in [0.15, 0.2) is 11.5 Å². The van der Waals surface area contributed by atoms with Crippen molar-refractivity contribution in [2.24, 2.45) is 0 Å². The number of aromatic nitrogens is 1. The first-order valence-electron chi connectivity index (χ1n) is 7.32. The van der Waals surface area contributed by atoms with Crippen LogP contribution in [0.5, 0.6) is 0 Å². The van der Waals surface area contributed by atoms with Crippen LogP contribution in [0.1, 0.15) is 24.3 Å². The van der Waals surface area contributed by atoms with Crippen LogP contribution in [0.3, 0.4) is 0 Å². The topological polar surface area (TPSA) is 58.4 Å². The number of nitrogens with one attached hydrogen (secondary N) is 1. The van der Waals surface area contributed by atoms with Gasteiger partial charge in [-0.2, -0.15) is 0 Å². The van der Waals surface area contributed by atoms with Crippen LogP contribution in [0.15, 0.2) is 22.6 Å². The average Bonchev–Trinajstić information content (AvgIpc) is 2.80. The summed E-state index contributed by atoms with van der Waals surface area (Å²) in [6.45, 7) is 3.56. The van der Waals surface area contributed by atoms with E-state index in [0.29, 0.717) is 12.3 Å². The molecule has 2 aromatic rings. The predicted molar refractivity (Wildman–Crippen MR) is 83.2 cm³/mol. The Balaban J connectivity index is 1.77. The number of amides is 1. The number of carbonyl (C=O) groups excluding carboxylic acids is 1. The second-order valence-electron chi connectivity index (χ2n) is 5.54. The molecule has 1 N–H and O–H groups in total. The second kappa shape index (κ2) is 7.22. The van der Waals surface area contributed by atoms with Crippen molar-refractivity contribution in [3.05, 3.63) is 29.7 Å². The largest absolute Gasteiger partial charge is 0.441 e. The Morgan fingerprint density at radius 3 is 2.95 bits per heavy atom. The van der Waals surface area contributed by atoms with E-state index in [2.05, 4.69) is 15.2 Å². The van der Waals surface area contributed by atoms with Crippen LogP contribution in [0.2, 0.25) is 0 Å². The summed E-state index contributed by atoms with van der Waals surface area (Å²) in [5, 5.41) is 2.95. The third kappa shape index (κ3) is 4.86. The van der Waals surface area contributed by atoms with Crippen molar-refractivity contribution in [3.63, 3.8) is 0 Å². The lowest BCUT2D eigenvalue weighted by Gasteiger charge is -2.09. The Hall–Kier alpha value is -1.88. The van der Waals surface area contributed by atoms with Crippen LogP contribution in [0, 0.1) is 6.92 Å². The fourth-order valence-electron chi connectivity index (χ4n) is 2.21. The highest BCUT2D eigenvalue weighted by Gasteiger charge is 2.05. The van der Waals surface area contributed by atoms with E-state index in [4.69, 9.17) is 4.42 Å². The van der Waals surface area contributed by atoms with E-state index in [1.807, 2.05) is 39.2 Å². The third-order valence-electron chi connectivity index (χ3n) is 3.30. The summed E-state index contributed by atoms with van der Waals surface area (Å²) >= 11 is 0. The van der Waals surface area contributed by atoms with Crippen LogP contribution in [0.25, 0.3) is 11.1 Å². The molecule has 0 unspecified atom stereocenters. The zero-order chi connectivity index (χ0) is 15.2. The molecule has 5 heteroatoms. The summed E-state index contributed by atoms with van der Waals surface area (Å²) in [6, 6.07) is 5.90. The molecule has 0 fully saturated rings. The van der Waals surface area contributed by atoms with E-state index in [-0.39, 0.29) is 5.91 Å². The number of rotatable bonds is 7. The highest BCUT2D eigenvalue weighted by atomic mass is 16.3. The average molecular weight is 289 g/mol. The minimum absolute atomic E-state index is 0.102. The Morgan fingerprint density at radius 2 is 2.19 bits per heavy atom. The molecule has 0 aliphatic rings. The van der Waals surface area contributed by atoms with E-state index >= 15 is 0 Å². The summed E-state index contributed by atoms with van der Waals surface area (Å²) in [7, 11) is 4.06. The van der Waals surface area contributed by atoms with Crippen molar-refractivity contribution >= 4 is 17.0 Å². The Labute approximate surface area is 125 Å². The van der Waals surface area contributed by atoms with Crippen LogP contribution in [-0.2, 0) is 11.2 Å². The summed E-state index contributed by atoms with van der Waals surface area (Å²) in [5.74, 6) is 0.769. The van der Waals surface area contributed by atoms with Gasteiger partial charge in [-0.15, -0.1) is 0 Å². The fourth-order valence-corrected chi connectivity index (χ4v) is 2.21. The van der Waals surface area contributed by atoms with Crippen LogP contribution < -0.4 is 5.32 Å². The van der Waals surface area contributed by atoms with Crippen molar-refractivity contribution < 1.29 is 9.21 Å². The molecule has 0 radical (unpaired) electrons. The Bertz CT molecular complexity index is 605. The summed E-state index contributed by atoms with van der Waals surface area (Å²) in [5.41, 5.74) is 2.76. The lowest BCUT2D eigenvalue weighted by molar-refractivity contribution is -0.121. The number of hydrogen-bond donors (Lipinski definition) is 1. The van der Waals surface area contributed by atoms with Gasteiger partial charge in [0.05, 0.1) is 0 Å². The molecule has 0 saturated heterocycles. The van der Waals surface area contributed by atoms with Crippen molar-refractivity contribution in [2.75, 3.05) is 27.2 Å². The van der Waals surface area contributed by atoms with Gasteiger partial charge in [0.2, 0.25) is 5.91 Å². The number of fused-ring (bicyclic) bond motifs is 1. The number of aryl methyl sites for hydroxylation is 2. The van der Waals surface area contributed by atoms with E-state index in [9.17, 15) is 4.79 Å². The number of benzene rings is 1. The standard InChI is InChI=1S/C16H23N3O2/c1-12-18-14-11-13(5-7-15(14)21-12)6-8-16(20)17-9-4-10-19(2)3/h5,7,11H,4,6,8-10H2,1-3H3,(H,17,20). The van der Waals surface area contributed by atoms with Crippen molar-refractivity contribution in [1.82, 2.24) is 15.2 Å². The first-order chi connectivity index (χ1) is 10.0. The second-order valence-corrected chi connectivity index (χ2v) is 5.54. The summed E-state index contributed by atoms with van der Waals surface area (Å²) in [4.78, 5) is 18.2. The quantitative estimate of drug-likeness (QED) is 0.793. The van der Waals surface area contributed by atoms with Gasteiger partial charge in [-0.25, -0.2) is 4.98 Å². The van der Waals surface area contributed by atoms with Crippen LogP contribution >= 0.6 is 0 Å². The first-order valence-corrected chi connectivity index (χ1v) is 7.32. The van der Waals surface area contributed by atoms with Crippen molar-refractivity contribution in [3.8, 4) is 0 Å². The minimum atomic E-state index is 0.102. The molecule has 1 amide bonds. The molecule has 1 aromatic carbocycles. The smallest absolute Gasteiger partial charge is 0.220 e. The molecular formula is C16H23N3O2. The molecule has 0 saturated carbocycles. The van der Waals surface area contributed by atoms with Gasteiger partial charge in [-0.1, -0.05) is 6.07 Å². The lowest BCUT2D eigenvalue weighted by atomic mass is 10.1. The molecule has 2 rings (SSSR count). The van der Waals surface area contributed by atoms with E-state index in [1.165, 1.54) is 0 Å². The molecule has 5 nitrogen and oxygen atoms in total. The first kappa shape index (κ1) is 15.5. The normalized spacial score (nSPS) is 11.2. The van der Waals surface area contributed by atoms with Gasteiger partial charge in [0.25, 0.3) is 0 Å². The van der Waals surface area contributed by atoms with Gasteiger partial charge in [0, 0.05) is 19.9 Å². The van der Waals surface area contributed by atoms with Crippen molar-refractivity contribution in [2.45, 2.75) is 26.2 Å². The lowest BCUT2D eigenvalue weighted by Crippen LogP contribution is -2.27. The predicted octanol–water partition coefficient (Wildman–Crippen LogP) is 2.14. The summed E-state index contributed by atoms with van der Waals surface area (Å²) < 4.78 is 5.44. The zero-order valence-corrected chi connectivity index (χ0v) is 13.0. The van der Waals surface area contributed by atoms with E-state index in [0.717, 1.165) is 42.6 Å². The molecule has 0 spiro atoms. The van der Waals surface area contributed by atoms with Gasteiger partial charge >= 0.3 is 0 Å². The van der Waals surface area contributed by atoms with Crippen LogP contribution in [0.4, 0.5) is 0 Å². The molecule has 0 atom stereocenters. The highest BCUT2D eigenvalue weighted by Crippen LogP contribution is 2.17. The molecule has 114 valence electrons. The fraction of sp³-hybridized carbons (Fsp3) is 0.500. The van der Waals surface area contributed by atoms with Gasteiger partial charge < -0.3 is 14.6 Å². The maximum absolute atomic E-state index is 11.8. The Kier molecular flexibility index (Phi) is 5.33. The number of nitrogens with zero attached hydrogens (tertiary/aromatic N) is 2. The Morgan fingerprint density at radius 1 is 1.38 bits per heavy atom. The maximum Gasteiger partial charge on any atom is 0.220 e. The molecular weight excluding hydrogens is 266 g/mol. The number of oxazole rings is 1. The van der Waals surface area contributed by atoms with Crippen LogP contribution in [-0.4, -0.2) is 43.0 Å². The maximum atomic E-state index is 11.8. The minimum Gasteiger partial charge on any atom is -0.441 e. The van der Waals surface area contributed by atoms with Gasteiger partial charge in [-0.3, -0.25) is 4.79 Å². The SMILES string of the molecule is Cc1nc2cc(CCC(=O)NCCCN(C)C)ccc2o1. The van der Waals surface area contributed by atoms with Crippen molar-refractivity contribution in [1.29, 1.82) is 0 Å². The van der Waals surface area contributed by atoms with Gasteiger partial charge in [-0.05, 0) is 51.2 Å². The molecule has 21 heavy (non-hydrogen) atoms. The van der Waals surface area contributed by atoms with Gasteiger partial charge in [0.1, 0.15) is 5.52 Å².